The highest BCUT2D eigenvalue weighted by Gasteiger charge is 2.10. The third-order valence-corrected chi connectivity index (χ3v) is 3.97. The topological polar surface area (TPSA) is 71.1 Å². The normalized spacial score (nSPS) is 10.6. The van der Waals surface area contributed by atoms with Gasteiger partial charge in [0.05, 0.1) is 0 Å². The molecule has 140 valence electrons. The van der Waals surface area contributed by atoms with Crippen LogP contribution in [0, 0.1) is 12.7 Å². The van der Waals surface area contributed by atoms with Crippen LogP contribution in [0.4, 0.5) is 15.8 Å². The largest absolute Gasteiger partial charge is 0.322 e. The molecule has 28 heavy (non-hydrogen) atoms. The molecule has 0 saturated heterocycles. The molecule has 0 aliphatic carbocycles. The summed E-state index contributed by atoms with van der Waals surface area (Å²) in [5, 5.41) is 5.46. The Labute approximate surface area is 161 Å². The van der Waals surface area contributed by atoms with E-state index in [1.54, 1.807) is 42.7 Å². The van der Waals surface area contributed by atoms with Crippen LogP contribution in [0.25, 0.3) is 6.08 Å². The third-order valence-electron chi connectivity index (χ3n) is 3.97. The molecule has 2 N–H and O–H groups in total. The number of rotatable bonds is 5. The summed E-state index contributed by atoms with van der Waals surface area (Å²) in [6.45, 7) is 1.84. The average molecular weight is 375 g/mol. The van der Waals surface area contributed by atoms with E-state index < -0.39 is 0 Å². The van der Waals surface area contributed by atoms with Crippen molar-refractivity contribution in [3.8, 4) is 0 Å². The standard InChI is InChI=1S/C22H18FN3O2/c1-15-4-6-17(22(28)25-19-9-7-18(23)8-10-19)13-20(15)26-21(27)11-5-16-3-2-12-24-14-16/h2-14H,1H3,(H,25,28)(H,26,27). The van der Waals surface area contributed by atoms with Crippen molar-refractivity contribution in [1.29, 1.82) is 0 Å². The molecule has 6 heteroatoms. The van der Waals surface area contributed by atoms with Gasteiger partial charge in [0, 0.05) is 35.4 Å². The molecule has 0 spiro atoms. The zero-order valence-electron chi connectivity index (χ0n) is 15.1. The third kappa shape index (κ3) is 5.11. The summed E-state index contributed by atoms with van der Waals surface area (Å²) in [7, 11) is 0. The first-order valence-electron chi connectivity index (χ1n) is 8.58. The van der Waals surface area contributed by atoms with Crippen molar-refractivity contribution >= 4 is 29.3 Å². The molecule has 3 aromatic rings. The van der Waals surface area contributed by atoms with E-state index in [1.165, 1.54) is 30.3 Å². The van der Waals surface area contributed by atoms with Crippen LogP contribution in [-0.2, 0) is 4.79 Å². The van der Waals surface area contributed by atoms with Gasteiger partial charge in [0.2, 0.25) is 5.91 Å². The molecule has 0 atom stereocenters. The molecule has 2 aromatic carbocycles. The molecule has 2 amide bonds. The van der Waals surface area contributed by atoms with Crippen molar-refractivity contribution in [2.24, 2.45) is 0 Å². The second kappa shape index (κ2) is 8.73. The molecule has 0 fully saturated rings. The molecule has 1 heterocycles. The lowest BCUT2D eigenvalue weighted by atomic mass is 10.1. The summed E-state index contributed by atoms with van der Waals surface area (Å²) in [5.41, 5.74) is 3.02. The molecule has 0 radical (unpaired) electrons. The van der Waals surface area contributed by atoms with Crippen LogP contribution >= 0.6 is 0 Å². The Balaban J connectivity index is 1.70. The molecule has 0 aliphatic rings. The fourth-order valence-electron chi connectivity index (χ4n) is 2.46. The fourth-order valence-corrected chi connectivity index (χ4v) is 2.46. The van der Waals surface area contributed by atoms with Crippen molar-refractivity contribution in [3.63, 3.8) is 0 Å². The molecule has 5 nitrogen and oxygen atoms in total. The van der Waals surface area contributed by atoms with Crippen molar-refractivity contribution in [2.45, 2.75) is 6.92 Å². The van der Waals surface area contributed by atoms with Gasteiger partial charge in [-0.25, -0.2) is 4.39 Å². The van der Waals surface area contributed by atoms with Crippen molar-refractivity contribution in [1.82, 2.24) is 4.98 Å². The smallest absolute Gasteiger partial charge is 0.255 e. The molecule has 3 rings (SSSR count). The Bertz CT molecular complexity index is 1020. The van der Waals surface area contributed by atoms with Gasteiger partial charge in [-0.05, 0) is 66.6 Å². The van der Waals surface area contributed by atoms with Gasteiger partial charge in [-0.3, -0.25) is 14.6 Å². The number of aromatic nitrogens is 1. The molecule has 0 unspecified atom stereocenters. The predicted octanol–water partition coefficient (Wildman–Crippen LogP) is 4.43. The monoisotopic (exact) mass is 375 g/mol. The van der Waals surface area contributed by atoms with Gasteiger partial charge < -0.3 is 10.6 Å². The quantitative estimate of drug-likeness (QED) is 0.648. The van der Waals surface area contributed by atoms with E-state index in [4.69, 9.17) is 0 Å². The van der Waals surface area contributed by atoms with Crippen LogP contribution in [-0.4, -0.2) is 16.8 Å². The first-order chi connectivity index (χ1) is 13.5. The Kier molecular flexibility index (Phi) is 5.91. The van der Waals surface area contributed by atoms with Crippen LogP contribution in [0.15, 0.2) is 73.1 Å². The minimum atomic E-state index is -0.377. The SMILES string of the molecule is Cc1ccc(C(=O)Nc2ccc(F)cc2)cc1NC(=O)C=Cc1cccnc1. The van der Waals surface area contributed by atoms with Gasteiger partial charge in [-0.15, -0.1) is 0 Å². The maximum Gasteiger partial charge on any atom is 0.255 e. The summed E-state index contributed by atoms with van der Waals surface area (Å²) in [6.07, 6.45) is 6.36. The number of carbonyl (C=O) groups is 2. The Morgan fingerprint density at radius 2 is 1.82 bits per heavy atom. The Morgan fingerprint density at radius 3 is 2.54 bits per heavy atom. The van der Waals surface area contributed by atoms with Gasteiger partial charge in [0.15, 0.2) is 0 Å². The summed E-state index contributed by atoms with van der Waals surface area (Å²) in [5.74, 6) is -1.05. The molecule has 0 saturated carbocycles. The highest BCUT2D eigenvalue weighted by molar-refractivity contribution is 6.06. The summed E-state index contributed by atoms with van der Waals surface area (Å²) >= 11 is 0. The zero-order valence-corrected chi connectivity index (χ0v) is 15.1. The van der Waals surface area contributed by atoms with Crippen molar-refractivity contribution in [2.75, 3.05) is 10.6 Å². The van der Waals surface area contributed by atoms with Crippen molar-refractivity contribution in [3.05, 3.63) is 95.6 Å². The van der Waals surface area contributed by atoms with E-state index in [0.29, 0.717) is 16.9 Å². The lowest BCUT2D eigenvalue weighted by Gasteiger charge is -2.10. The Morgan fingerprint density at radius 1 is 1.04 bits per heavy atom. The number of nitrogens with one attached hydrogen (secondary N) is 2. The molecular weight excluding hydrogens is 357 g/mol. The number of hydrogen-bond donors (Lipinski definition) is 2. The van der Waals surface area contributed by atoms with E-state index in [0.717, 1.165) is 11.1 Å². The van der Waals surface area contributed by atoms with Gasteiger partial charge in [0.1, 0.15) is 5.82 Å². The molecule has 0 bridgehead atoms. The Hall–Kier alpha value is -3.80. The maximum atomic E-state index is 13.0. The van der Waals surface area contributed by atoms with Gasteiger partial charge in [-0.1, -0.05) is 12.1 Å². The van der Waals surface area contributed by atoms with E-state index in [9.17, 15) is 14.0 Å². The first-order valence-corrected chi connectivity index (χ1v) is 8.58. The molecular formula is C22H18FN3O2. The second-order valence-electron chi connectivity index (χ2n) is 6.10. The molecule has 1 aromatic heterocycles. The van der Waals surface area contributed by atoms with E-state index in [-0.39, 0.29) is 17.6 Å². The lowest BCUT2D eigenvalue weighted by Crippen LogP contribution is -2.14. The van der Waals surface area contributed by atoms with Crippen LogP contribution < -0.4 is 10.6 Å². The number of amides is 2. The van der Waals surface area contributed by atoms with Crippen LogP contribution in [0.1, 0.15) is 21.5 Å². The number of benzene rings is 2. The number of aryl methyl sites for hydroxylation is 1. The zero-order chi connectivity index (χ0) is 19.9. The van der Waals surface area contributed by atoms with Crippen molar-refractivity contribution < 1.29 is 14.0 Å². The number of carbonyl (C=O) groups excluding carboxylic acids is 2. The highest BCUT2D eigenvalue weighted by atomic mass is 19.1. The first kappa shape index (κ1) is 19.0. The number of pyridine rings is 1. The van der Waals surface area contributed by atoms with Gasteiger partial charge in [0.25, 0.3) is 5.91 Å². The summed E-state index contributed by atoms with van der Waals surface area (Å²) in [4.78, 5) is 28.6. The van der Waals surface area contributed by atoms with E-state index in [2.05, 4.69) is 15.6 Å². The van der Waals surface area contributed by atoms with Crippen LogP contribution in [0.5, 0.6) is 0 Å². The van der Waals surface area contributed by atoms with E-state index in [1.807, 2.05) is 13.0 Å². The maximum absolute atomic E-state index is 13.0. The van der Waals surface area contributed by atoms with Gasteiger partial charge >= 0.3 is 0 Å². The lowest BCUT2D eigenvalue weighted by molar-refractivity contribution is -0.111. The highest BCUT2D eigenvalue weighted by Crippen LogP contribution is 2.19. The number of anilines is 2. The number of nitrogens with zero attached hydrogens (tertiary/aromatic N) is 1. The van der Waals surface area contributed by atoms with Gasteiger partial charge in [-0.2, -0.15) is 0 Å². The number of hydrogen-bond acceptors (Lipinski definition) is 3. The minimum absolute atomic E-state index is 0.317. The average Bonchev–Trinajstić information content (AvgIpc) is 2.70. The van der Waals surface area contributed by atoms with Crippen LogP contribution in [0.2, 0.25) is 0 Å². The predicted molar refractivity (Wildman–Crippen MR) is 107 cm³/mol. The summed E-state index contributed by atoms with van der Waals surface area (Å²) in [6, 6.07) is 14.1. The minimum Gasteiger partial charge on any atom is -0.322 e. The van der Waals surface area contributed by atoms with Crippen LogP contribution in [0.3, 0.4) is 0 Å². The number of halogens is 1. The fraction of sp³-hybridized carbons (Fsp3) is 0.0455. The second-order valence-corrected chi connectivity index (χ2v) is 6.10. The molecule has 0 aliphatic heterocycles. The summed E-state index contributed by atoms with van der Waals surface area (Å²) < 4.78 is 13.0. The van der Waals surface area contributed by atoms with E-state index >= 15 is 0 Å².